The highest BCUT2D eigenvalue weighted by atomic mass is 16.3. The average Bonchev–Trinajstić information content (AvgIpc) is 3.75. The van der Waals surface area contributed by atoms with Crippen molar-refractivity contribution in [1.29, 1.82) is 0 Å². The number of anilines is 2. The van der Waals surface area contributed by atoms with Gasteiger partial charge in [0.2, 0.25) is 0 Å². The number of hydrogen-bond donors (Lipinski definition) is 3. The van der Waals surface area contributed by atoms with Gasteiger partial charge in [0.1, 0.15) is 5.76 Å². The molecule has 5 atom stereocenters. The van der Waals surface area contributed by atoms with E-state index in [1.807, 2.05) is 18.2 Å². The van der Waals surface area contributed by atoms with Gasteiger partial charge >= 0.3 is 0 Å². The van der Waals surface area contributed by atoms with Crippen molar-refractivity contribution in [2.45, 2.75) is 37.8 Å². The lowest BCUT2D eigenvalue weighted by atomic mass is 9.68. The first-order chi connectivity index (χ1) is 19.2. The molecule has 2 bridgehead atoms. The van der Waals surface area contributed by atoms with E-state index in [1.54, 1.807) is 30.5 Å². The third kappa shape index (κ3) is 4.30. The first kappa shape index (κ1) is 23.8. The molecule has 6 nitrogen and oxygen atoms in total. The molecular weight excluding hydrogens is 486 g/mol. The lowest BCUT2D eigenvalue weighted by Gasteiger charge is -2.43. The summed E-state index contributed by atoms with van der Waals surface area (Å²) in [5.41, 5.74) is 5.24. The molecule has 3 N–H and O–H groups in total. The Kier molecular flexibility index (Phi) is 5.95. The van der Waals surface area contributed by atoms with Crippen LogP contribution in [0.5, 0.6) is 0 Å². The average molecular weight is 518 g/mol. The monoisotopic (exact) mass is 517 g/mol. The molecule has 2 heterocycles. The lowest BCUT2D eigenvalue weighted by Crippen LogP contribution is -2.35. The summed E-state index contributed by atoms with van der Waals surface area (Å²) in [6.07, 6.45) is 5.41. The molecule has 196 valence electrons. The first-order valence-electron chi connectivity index (χ1n) is 13.8. The fourth-order valence-corrected chi connectivity index (χ4v) is 7.28. The van der Waals surface area contributed by atoms with Crippen molar-refractivity contribution in [1.82, 2.24) is 5.32 Å². The van der Waals surface area contributed by atoms with Crippen molar-refractivity contribution < 1.29 is 14.0 Å². The number of benzene rings is 3. The van der Waals surface area contributed by atoms with Crippen LogP contribution < -0.4 is 16.0 Å². The van der Waals surface area contributed by atoms with Gasteiger partial charge in [0.25, 0.3) is 11.8 Å². The van der Waals surface area contributed by atoms with Crippen molar-refractivity contribution in [3.63, 3.8) is 0 Å². The standard InChI is InChI=1S/C33H31N3O3/c37-32(36-27-11-5-4-10-25(27)33(38)34-19-24-9-6-16-39-24)23-14-15-28-26(18-23)29-21-12-13-22(17-21)30(29)31(35-28)20-7-2-1-3-8-20/h1-11,14-16,18,21-22,29-31,35H,12-13,17,19H2,(H,34,38)(H,36,37)/t21-,22-,29-,30-,31+/m0/s1. The van der Waals surface area contributed by atoms with E-state index in [0.29, 0.717) is 46.4 Å². The molecule has 2 amide bonds. The number of rotatable bonds is 6. The minimum atomic E-state index is -0.270. The van der Waals surface area contributed by atoms with Gasteiger partial charge in [-0.25, -0.2) is 0 Å². The Hall–Kier alpha value is -4.32. The predicted octanol–water partition coefficient (Wildman–Crippen LogP) is 6.76. The molecule has 0 unspecified atom stereocenters. The van der Waals surface area contributed by atoms with Crippen LogP contribution in [0.1, 0.15) is 68.8 Å². The van der Waals surface area contributed by atoms with E-state index in [0.717, 1.165) is 11.6 Å². The van der Waals surface area contributed by atoms with Gasteiger partial charge in [-0.2, -0.15) is 0 Å². The summed E-state index contributed by atoms with van der Waals surface area (Å²) < 4.78 is 5.31. The van der Waals surface area contributed by atoms with Gasteiger partial charge < -0.3 is 20.4 Å². The first-order valence-corrected chi connectivity index (χ1v) is 13.8. The van der Waals surface area contributed by atoms with Crippen LogP contribution in [0.2, 0.25) is 0 Å². The normalized spacial score (nSPS) is 24.4. The Balaban J connectivity index is 1.14. The molecule has 0 radical (unpaired) electrons. The van der Waals surface area contributed by atoms with Crippen molar-refractivity contribution in [2.24, 2.45) is 17.8 Å². The van der Waals surface area contributed by atoms with E-state index in [2.05, 4.69) is 58.4 Å². The topological polar surface area (TPSA) is 83.4 Å². The fraction of sp³-hybridized carbons (Fsp3) is 0.273. The molecule has 2 fully saturated rings. The minimum Gasteiger partial charge on any atom is -0.467 e. The molecular formula is C33H31N3O3. The van der Waals surface area contributed by atoms with Gasteiger partial charge in [-0.1, -0.05) is 42.5 Å². The van der Waals surface area contributed by atoms with Gasteiger partial charge in [0, 0.05) is 11.3 Å². The Morgan fingerprint density at radius 2 is 1.69 bits per heavy atom. The molecule has 7 rings (SSSR count). The minimum absolute atomic E-state index is 0.214. The zero-order valence-corrected chi connectivity index (χ0v) is 21.6. The van der Waals surface area contributed by atoms with Crippen LogP contribution in [0.15, 0.2) is 95.6 Å². The van der Waals surface area contributed by atoms with Crippen molar-refractivity contribution in [3.8, 4) is 0 Å². The number of carbonyl (C=O) groups is 2. The fourth-order valence-electron chi connectivity index (χ4n) is 7.28. The van der Waals surface area contributed by atoms with E-state index < -0.39 is 0 Å². The zero-order valence-electron chi connectivity index (χ0n) is 21.6. The molecule has 3 aliphatic rings. The van der Waals surface area contributed by atoms with Crippen molar-refractivity contribution in [2.75, 3.05) is 10.6 Å². The molecule has 3 aromatic carbocycles. The predicted molar refractivity (Wildman–Crippen MR) is 151 cm³/mol. The summed E-state index contributed by atoms with van der Waals surface area (Å²) in [5, 5.41) is 9.70. The smallest absolute Gasteiger partial charge is 0.255 e. The maximum Gasteiger partial charge on any atom is 0.255 e. The summed E-state index contributed by atoms with van der Waals surface area (Å²) in [5.74, 6) is 2.57. The Labute approximate surface area is 227 Å². The van der Waals surface area contributed by atoms with E-state index in [4.69, 9.17) is 4.42 Å². The van der Waals surface area contributed by atoms with Crippen molar-refractivity contribution >= 4 is 23.2 Å². The third-order valence-electron chi connectivity index (χ3n) is 8.93. The second-order valence-corrected chi connectivity index (χ2v) is 11.0. The molecule has 0 spiro atoms. The molecule has 1 aromatic heterocycles. The van der Waals surface area contributed by atoms with Gasteiger partial charge in [-0.15, -0.1) is 0 Å². The Morgan fingerprint density at radius 1 is 0.872 bits per heavy atom. The number of nitrogens with one attached hydrogen (secondary N) is 3. The molecule has 1 aliphatic heterocycles. The van der Waals surface area contributed by atoms with E-state index in [-0.39, 0.29) is 18.4 Å². The van der Waals surface area contributed by atoms with Crippen LogP contribution in [-0.4, -0.2) is 11.8 Å². The maximum atomic E-state index is 13.5. The molecule has 39 heavy (non-hydrogen) atoms. The number of amides is 2. The van der Waals surface area contributed by atoms with E-state index in [1.165, 1.54) is 30.4 Å². The van der Waals surface area contributed by atoms with Gasteiger partial charge in [0.05, 0.1) is 30.1 Å². The van der Waals surface area contributed by atoms with Crippen LogP contribution in [-0.2, 0) is 6.54 Å². The van der Waals surface area contributed by atoms with Crippen LogP contribution in [0.25, 0.3) is 0 Å². The number of para-hydroxylation sites is 1. The summed E-state index contributed by atoms with van der Waals surface area (Å²) in [6.45, 7) is 0.278. The van der Waals surface area contributed by atoms with E-state index >= 15 is 0 Å². The van der Waals surface area contributed by atoms with Crippen LogP contribution >= 0.6 is 0 Å². The number of carbonyl (C=O) groups excluding carboxylic acids is 2. The summed E-state index contributed by atoms with van der Waals surface area (Å²) in [6, 6.07) is 27.8. The van der Waals surface area contributed by atoms with Gasteiger partial charge in [-0.05, 0) is 96.5 Å². The van der Waals surface area contributed by atoms with E-state index in [9.17, 15) is 9.59 Å². The Morgan fingerprint density at radius 3 is 2.54 bits per heavy atom. The quantitative estimate of drug-likeness (QED) is 0.264. The lowest BCUT2D eigenvalue weighted by molar-refractivity contribution is 0.0949. The second kappa shape index (κ2) is 9.77. The SMILES string of the molecule is O=C(Nc1ccccc1C(=O)NCc1ccco1)c1ccc2c(c1)[C@@H]1[C@H]3CC[C@@H](C3)[C@@H]1[C@@H](c1ccccc1)N2. The highest BCUT2D eigenvalue weighted by Crippen LogP contribution is 2.63. The highest BCUT2D eigenvalue weighted by Gasteiger charge is 2.53. The second-order valence-electron chi connectivity index (χ2n) is 11.0. The Bertz CT molecular complexity index is 1510. The molecule has 6 heteroatoms. The number of furan rings is 1. The number of fused-ring (bicyclic) bond motifs is 7. The summed E-state index contributed by atoms with van der Waals surface area (Å²) in [4.78, 5) is 26.4. The third-order valence-corrected chi connectivity index (χ3v) is 8.93. The van der Waals surface area contributed by atoms with Crippen LogP contribution in [0.4, 0.5) is 11.4 Å². The summed E-state index contributed by atoms with van der Waals surface area (Å²) >= 11 is 0. The molecule has 4 aromatic rings. The molecule has 2 aliphatic carbocycles. The van der Waals surface area contributed by atoms with Crippen LogP contribution in [0, 0.1) is 17.8 Å². The van der Waals surface area contributed by atoms with Crippen molar-refractivity contribution in [3.05, 3.63) is 119 Å². The maximum absolute atomic E-state index is 13.5. The summed E-state index contributed by atoms with van der Waals surface area (Å²) in [7, 11) is 0. The van der Waals surface area contributed by atoms with Crippen LogP contribution in [0.3, 0.4) is 0 Å². The largest absolute Gasteiger partial charge is 0.467 e. The van der Waals surface area contributed by atoms with Gasteiger partial charge in [-0.3, -0.25) is 9.59 Å². The highest BCUT2D eigenvalue weighted by molar-refractivity contribution is 6.09. The number of hydrogen-bond acceptors (Lipinski definition) is 4. The molecule has 0 saturated heterocycles. The van der Waals surface area contributed by atoms with Gasteiger partial charge in [0.15, 0.2) is 0 Å². The zero-order chi connectivity index (χ0) is 26.3. The molecule has 2 saturated carbocycles.